The van der Waals surface area contributed by atoms with E-state index in [0.29, 0.717) is 24.2 Å². The molecule has 30 heavy (non-hydrogen) atoms. The van der Waals surface area contributed by atoms with Crippen LogP contribution in [0.15, 0.2) is 45.3 Å². The van der Waals surface area contributed by atoms with Crippen LogP contribution in [0.25, 0.3) is 0 Å². The number of hydrogen-bond acceptors (Lipinski definition) is 2. The highest BCUT2D eigenvalue weighted by atomic mass is 79.9. The van der Waals surface area contributed by atoms with Crippen molar-refractivity contribution in [1.82, 2.24) is 10.6 Å². The molecule has 0 spiro atoms. The number of carbonyl (C=O) groups excluding carboxylic acids is 2. The maximum absolute atomic E-state index is 12.4. The maximum atomic E-state index is 12.4. The third-order valence-corrected chi connectivity index (χ3v) is 6.09. The van der Waals surface area contributed by atoms with E-state index in [2.05, 4.69) is 84.0 Å². The zero-order chi connectivity index (χ0) is 22.7. The minimum atomic E-state index is -0.164. The summed E-state index contributed by atoms with van der Waals surface area (Å²) in [6.45, 7) is 13.5. The number of amides is 2. The Morgan fingerprint density at radius 3 is 1.30 bits per heavy atom. The number of halogens is 2. The van der Waals surface area contributed by atoms with Crippen LogP contribution in [0, 0.1) is 0 Å². The third kappa shape index (κ3) is 6.42. The quantitative estimate of drug-likeness (QED) is 0.462. The molecule has 0 unspecified atom stereocenters. The highest BCUT2D eigenvalue weighted by Gasteiger charge is 2.19. The molecule has 0 radical (unpaired) electrons. The van der Waals surface area contributed by atoms with Gasteiger partial charge in [-0.3, -0.25) is 9.59 Å². The zero-order valence-electron chi connectivity index (χ0n) is 18.5. The van der Waals surface area contributed by atoms with Crippen molar-refractivity contribution in [2.75, 3.05) is 13.1 Å². The van der Waals surface area contributed by atoms with E-state index in [0.717, 1.165) is 20.1 Å². The van der Waals surface area contributed by atoms with Crippen LogP contribution in [-0.4, -0.2) is 24.9 Å². The summed E-state index contributed by atoms with van der Waals surface area (Å²) in [7, 11) is 0. The van der Waals surface area contributed by atoms with E-state index < -0.39 is 0 Å². The number of nitrogens with one attached hydrogen (secondary N) is 2. The van der Waals surface area contributed by atoms with Crippen LogP contribution in [0.3, 0.4) is 0 Å². The van der Waals surface area contributed by atoms with Gasteiger partial charge in [-0.25, -0.2) is 0 Å². The molecule has 0 aromatic heterocycles. The third-order valence-electron chi connectivity index (χ3n) is 4.77. The Bertz CT molecular complexity index is 864. The molecular formula is C24H30Br2N2O2. The molecule has 0 atom stereocenters. The first kappa shape index (κ1) is 24.6. The standard InChI is InChI=1S/C24H30Br2N2O2/c1-23(2,3)17-9-7-15(13-19(17)25)21(29)27-11-12-28-22(30)16-8-10-18(20(26)14-16)24(4,5)6/h7-10,13-14H,11-12H2,1-6H3,(H,27,29)(H,28,30). The lowest BCUT2D eigenvalue weighted by atomic mass is 9.86. The Balaban J connectivity index is 1.89. The highest BCUT2D eigenvalue weighted by molar-refractivity contribution is 9.10. The summed E-state index contributed by atoms with van der Waals surface area (Å²) in [5.41, 5.74) is 3.46. The summed E-state index contributed by atoms with van der Waals surface area (Å²) in [4.78, 5) is 24.8. The van der Waals surface area contributed by atoms with E-state index in [9.17, 15) is 9.59 Å². The van der Waals surface area contributed by atoms with Crippen molar-refractivity contribution in [2.45, 2.75) is 52.4 Å². The molecule has 0 saturated carbocycles. The first-order chi connectivity index (χ1) is 13.8. The summed E-state index contributed by atoms with van der Waals surface area (Å²) in [6, 6.07) is 11.3. The van der Waals surface area contributed by atoms with Crippen molar-refractivity contribution in [1.29, 1.82) is 0 Å². The lowest BCUT2D eigenvalue weighted by molar-refractivity contribution is 0.0927. The van der Waals surface area contributed by atoms with Crippen molar-refractivity contribution in [3.63, 3.8) is 0 Å². The lowest BCUT2D eigenvalue weighted by Gasteiger charge is -2.21. The van der Waals surface area contributed by atoms with Crippen molar-refractivity contribution >= 4 is 43.7 Å². The second-order valence-corrected chi connectivity index (χ2v) is 11.1. The largest absolute Gasteiger partial charge is 0.350 e. The molecule has 0 aliphatic heterocycles. The fraction of sp³-hybridized carbons (Fsp3) is 0.417. The maximum Gasteiger partial charge on any atom is 0.251 e. The summed E-state index contributed by atoms with van der Waals surface area (Å²) in [5.74, 6) is -0.328. The van der Waals surface area contributed by atoms with Crippen LogP contribution in [-0.2, 0) is 10.8 Å². The van der Waals surface area contributed by atoms with E-state index in [1.807, 2.05) is 36.4 Å². The van der Waals surface area contributed by atoms with Crippen molar-refractivity contribution < 1.29 is 9.59 Å². The minimum absolute atomic E-state index is 0.00179. The van der Waals surface area contributed by atoms with Gasteiger partial charge in [-0.1, -0.05) is 85.5 Å². The molecule has 2 N–H and O–H groups in total. The molecule has 0 aliphatic rings. The lowest BCUT2D eigenvalue weighted by Crippen LogP contribution is -2.34. The molecule has 2 aromatic carbocycles. The molecule has 0 aliphatic carbocycles. The van der Waals surface area contributed by atoms with Gasteiger partial charge in [0.25, 0.3) is 11.8 Å². The summed E-state index contributed by atoms with van der Waals surface area (Å²) in [6.07, 6.45) is 0. The van der Waals surface area contributed by atoms with Crippen LogP contribution in [0.5, 0.6) is 0 Å². The molecule has 4 nitrogen and oxygen atoms in total. The van der Waals surface area contributed by atoms with Gasteiger partial charge in [0, 0.05) is 33.2 Å². The molecule has 2 amide bonds. The van der Waals surface area contributed by atoms with Gasteiger partial charge in [0.05, 0.1) is 0 Å². The number of benzene rings is 2. The van der Waals surface area contributed by atoms with Gasteiger partial charge >= 0.3 is 0 Å². The molecular weight excluding hydrogens is 508 g/mol. The summed E-state index contributed by atoms with van der Waals surface area (Å²) >= 11 is 7.12. The Morgan fingerprint density at radius 2 is 1.03 bits per heavy atom. The second-order valence-electron chi connectivity index (χ2n) is 9.40. The van der Waals surface area contributed by atoms with Gasteiger partial charge in [-0.2, -0.15) is 0 Å². The van der Waals surface area contributed by atoms with Crippen molar-refractivity contribution in [2.24, 2.45) is 0 Å². The molecule has 0 bridgehead atoms. The molecule has 0 fully saturated rings. The van der Waals surface area contributed by atoms with Gasteiger partial charge in [-0.15, -0.1) is 0 Å². The Hall–Kier alpha value is -1.66. The van der Waals surface area contributed by atoms with E-state index in [4.69, 9.17) is 0 Å². The smallest absolute Gasteiger partial charge is 0.251 e. The van der Waals surface area contributed by atoms with E-state index in [1.54, 1.807) is 0 Å². The molecule has 6 heteroatoms. The molecule has 2 rings (SSSR count). The van der Waals surface area contributed by atoms with Crippen LogP contribution in [0.1, 0.15) is 73.4 Å². The number of hydrogen-bond donors (Lipinski definition) is 2. The van der Waals surface area contributed by atoms with Crippen molar-refractivity contribution in [3.05, 3.63) is 67.6 Å². The number of rotatable bonds is 5. The SMILES string of the molecule is CC(C)(C)c1ccc(C(=O)NCCNC(=O)c2ccc(C(C)(C)C)c(Br)c2)cc1Br. The Labute approximate surface area is 196 Å². The van der Waals surface area contributed by atoms with Crippen LogP contribution >= 0.6 is 31.9 Å². The van der Waals surface area contributed by atoms with Crippen LogP contribution in [0.4, 0.5) is 0 Å². The van der Waals surface area contributed by atoms with Crippen LogP contribution < -0.4 is 10.6 Å². The van der Waals surface area contributed by atoms with Gasteiger partial charge in [0.15, 0.2) is 0 Å². The highest BCUT2D eigenvalue weighted by Crippen LogP contribution is 2.31. The van der Waals surface area contributed by atoms with E-state index in [1.165, 1.54) is 0 Å². The first-order valence-corrected chi connectivity index (χ1v) is 11.6. The number of carbonyl (C=O) groups is 2. The topological polar surface area (TPSA) is 58.2 Å². The van der Waals surface area contributed by atoms with Gasteiger partial charge in [0.1, 0.15) is 0 Å². The summed E-state index contributed by atoms with van der Waals surface area (Å²) in [5, 5.41) is 5.70. The van der Waals surface area contributed by atoms with Gasteiger partial charge in [-0.05, 0) is 46.2 Å². The Kier molecular flexibility index (Phi) is 7.91. The van der Waals surface area contributed by atoms with Gasteiger partial charge in [0.2, 0.25) is 0 Å². The predicted octanol–water partition coefficient (Wildman–Crippen LogP) is 5.97. The normalized spacial score (nSPS) is 11.9. The van der Waals surface area contributed by atoms with Gasteiger partial charge < -0.3 is 10.6 Å². The molecule has 0 heterocycles. The average molecular weight is 538 g/mol. The zero-order valence-corrected chi connectivity index (χ0v) is 21.6. The van der Waals surface area contributed by atoms with E-state index >= 15 is 0 Å². The fourth-order valence-corrected chi connectivity index (χ4v) is 5.03. The molecule has 2 aromatic rings. The second kappa shape index (κ2) is 9.65. The first-order valence-electron chi connectivity index (χ1n) is 9.97. The molecule has 0 saturated heterocycles. The minimum Gasteiger partial charge on any atom is -0.350 e. The Morgan fingerprint density at radius 1 is 0.700 bits per heavy atom. The monoisotopic (exact) mass is 536 g/mol. The van der Waals surface area contributed by atoms with E-state index in [-0.39, 0.29) is 22.6 Å². The van der Waals surface area contributed by atoms with Crippen molar-refractivity contribution in [3.8, 4) is 0 Å². The molecule has 162 valence electrons. The van der Waals surface area contributed by atoms with Crippen LogP contribution in [0.2, 0.25) is 0 Å². The predicted molar refractivity (Wildman–Crippen MR) is 130 cm³/mol. The fourth-order valence-electron chi connectivity index (χ4n) is 3.09. The average Bonchev–Trinajstić information content (AvgIpc) is 2.62. The summed E-state index contributed by atoms with van der Waals surface area (Å²) < 4.78 is 1.83.